The number of anilines is 3. The Morgan fingerprint density at radius 1 is 0.781 bits per heavy atom. The van der Waals surface area contributed by atoms with Crippen molar-refractivity contribution in [2.24, 2.45) is 0 Å². The summed E-state index contributed by atoms with van der Waals surface area (Å²) in [6, 6.07) is 19.2. The van der Waals surface area contributed by atoms with E-state index in [1.165, 1.54) is 16.8 Å². The zero-order valence-electron chi connectivity index (χ0n) is 18.5. The number of aryl methyl sites for hydroxylation is 1. The minimum atomic E-state index is 0.301. The normalized spacial score (nSPS) is 17.3. The van der Waals surface area contributed by atoms with Crippen molar-refractivity contribution >= 4 is 17.6 Å². The third-order valence-corrected chi connectivity index (χ3v) is 6.43. The summed E-state index contributed by atoms with van der Waals surface area (Å²) in [6.07, 6.45) is 3.28. The fraction of sp³-hybridized carbons (Fsp3) is 0.400. The summed E-state index contributed by atoms with van der Waals surface area (Å²) in [6.45, 7) is 6.89. The van der Waals surface area contributed by atoms with Gasteiger partial charge in [0.25, 0.3) is 0 Å². The van der Waals surface area contributed by atoms with Crippen LogP contribution >= 0.6 is 0 Å². The highest BCUT2D eigenvalue weighted by Gasteiger charge is 2.22. The first kappa shape index (κ1) is 20.8. The van der Waals surface area contributed by atoms with Crippen molar-refractivity contribution < 1.29 is 0 Å². The van der Waals surface area contributed by atoms with Crippen molar-refractivity contribution in [2.45, 2.75) is 25.8 Å². The van der Waals surface area contributed by atoms with Gasteiger partial charge in [-0.2, -0.15) is 15.0 Å². The lowest BCUT2D eigenvalue weighted by atomic mass is 10.0. The van der Waals surface area contributed by atoms with Crippen LogP contribution < -0.4 is 10.6 Å². The first-order valence-electron chi connectivity index (χ1n) is 11.6. The van der Waals surface area contributed by atoms with Gasteiger partial charge in [0.2, 0.25) is 11.9 Å². The predicted octanol–water partition coefficient (Wildman–Crippen LogP) is 2.90. The van der Waals surface area contributed by atoms with Crippen LogP contribution in [0.3, 0.4) is 0 Å². The monoisotopic (exact) mass is 429 g/mol. The van der Waals surface area contributed by atoms with E-state index < -0.39 is 0 Å². The average Bonchev–Trinajstić information content (AvgIpc) is 2.83. The molecule has 0 amide bonds. The number of fused-ring (bicyclic) bond motifs is 1. The second-order valence-electron chi connectivity index (χ2n) is 8.65. The number of piperazine rings is 1. The number of hydrogen-bond acceptors (Lipinski definition) is 7. The van der Waals surface area contributed by atoms with E-state index in [9.17, 15) is 0 Å². The molecule has 0 spiro atoms. The van der Waals surface area contributed by atoms with Crippen LogP contribution in [0.15, 0.2) is 54.6 Å². The Morgan fingerprint density at radius 2 is 1.53 bits per heavy atom. The van der Waals surface area contributed by atoms with Gasteiger partial charge in [0.05, 0.1) is 6.54 Å². The van der Waals surface area contributed by atoms with Gasteiger partial charge in [0.1, 0.15) is 5.82 Å². The van der Waals surface area contributed by atoms with Crippen LogP contribution in [0.4, 0.5) is 17.6 Å². The molecule has 32 heavy (non-hydrogen) atoms. The number of aromatic nitrogens is 3. The topological polar surface area (TPSA) is 74.4 Å². The smallest absolute Gasteiger partial charge is 0.235 e. The molecule has 2 aliphatic heterocycles. The van der Waals surface area contributed by atoms with E-state index in [0.29, 0.717) is 18.4 Å². The predicted molar refractivity (Wildman–Crippen MR) is 128 cm³/mol. The lowest BCUT2D eigenvalue weighted by Gasteiger charge is -2.34. The fourth-order valence-electron chi connectivity index (χ4n) is 4.66. The largest absolute Gasteiger partial charge is 0.368 e. The molecule has 2 aromatic carbocycles. The van der Waals surface area contributed by atoms with E-state index in [2.05, 4.69) is 79.3 Å². The highest BCUT2D eigenvalue weighted by atomic mass is 15.3. The number of rotatable bonds is 6. The summed E-state index contributed by atoms with van der Waals surface area (Å²) in [4.78, 5) is 20.9. The summed E-state index contributed by atoms with van der Waals surface area (Å²) in [5, 5.41) is 0. The van der Waals surface area contributed by atoms with Crippen LogP contribution in [0.25, 0.3) is 0 Å². The van der Waals surface area contributed by atoms with E-state index in [4.69, 9.17) is 10.7 Å². The minimum Gasteiger partial charge on any atom is -0.368 e. The van der Waals surface area contributed by atoms with Crippen molar-refractivity contribution in [3.05, 3.63) is 71.5 Å². The SMILES string of the molecule is Nc1nc(CN2CCN(CCc3ccccc3)CC2)nc(N2CCCc3ccccc32)n1. The van der Waals surface area contributed by atoms with Gasteiger partial charge in [0, 0.05) is 45.0 Å². The number of nitrogens with two attached hydrogens (primary N) is 1. The van der Waals surface area contributed by atoms with Gasteiger partial charge in [-0.25, -0.2) is 0 Å². The summed E-state index contributed by atoms with van der Waals surface area (Å²) < 4.78 is 0. The molecular formula is C25H31N7. The first-order chi connectivity index (χ1) is 15.7. The van der Waals surface area contributed by atoms with Gasteiger partial charge in [-0.15, -0.1) is 0 Å². The Hall–Kier alpha value is -3.03. The fourth-order valence-corrected chi connectivity index (χ4v) is 4.66. The second-order valence-corrected chi connectivity index (χ2v) is 8.65. The van der Waals surface area contributed by atoms with Crippen LogP contribution in [0, 0.1) is 0 Å². The molecule has 2 aliphatic rings. The van der Waals surface area contributed by atoms with Gasteiger partial charge in [-0.3, -0.25) is 4.90 Å². The average molecular weight is 430 g/mol. The number of hydrogen-bond donors (Lipinski definition) is 1. The quantitative estimate of drug-likeness (QED) is 0.646. The van der Waals surface area contributed by atoms with Crippen molar-refractivity contribution in [1.82, 2.24) is 24.8 Å². The second kappa shape index (κ2) is 9.63. The summed E-state index contributed by atoms with van der Waals surface area (Å²) in [5.41, 5.74) is 10.0. The van der Waals surface area contributed by atoms with E-state index in [1.54, 1.807) is 0 Å². The van der Waals surface area contributed by atoms with E-state index in [-0.39, 0.29) is 0 Å². The molecule has 3 aromatic rings. The Bertz CT molecular complexity index is 1030. The van der Waals surface area contributed by atoms with E-state index in [1.807, 2.05) is 0 Å². The molecule has 0 radical (unpaired) electrons. The van der Waals surface area contributed by atoms with Crippen LogP contribution in [-0.4, -0.2) is 64.0 Å². The summed E-state index contributed by atoms with van der Waals surface area (Å²) in [7, 11) is 0. The van der Waals surface area contributed by atoms with Crippen molar-refractivity contribution in [1.29, 1.82) is 0 Å². The summed E-state index contributed by atoms with van der Waals surface area (Å²) in [5.74, 6) is 1.73. The molecule has 7 nitrogen and oxygen atoms in total. The maximum atomic E-state index is 6.09. The Morgan fingerprint density at radius 3 is 2.38 bits per heavy atom. The molecule has 0 atom stereocenters. The van der Waals surface area contributed by atoms with E-state index >= 15 is 0 Å². The maximum absolute atomic E-state index is 6.09. The minimum absolute atomic E-state index is 0.301. The zero-order valence-corrected chi connectivity index (χ0v) is 18.5. The van der Waals surface area contributed by atoms with Gasteiger partial charge in [-0.05, 0) is 36.5 Å². The number of nitrogen functional groups attached to an aromatic ring is 1. The summed E-state index contributed by atoms with van der Waals surface area (Å²) >= 11 is 0. The standard InChI is InChI=1S/C25H31N7/c26-24-27-23(28-25(29-24)32-13-6-10-21-9-4-5-11-22(21)32)19-31-17-15-30(16-18-31)14-12-20-7-2-1-3-8-20/h1-5,7-9,11H,6,10,12-19H2,(H2,26,27,28,29). The van der Waals surface area contributed by atoms with Gasteiger partial charge in [0.15, 0.2) is 0 Å². The molecule has 0 bridgehead atoms. The van der Waals surface area contributed by atoms with Gasteiger partial charge in [-0.1, -0.05) is 48.5 Å². The highest BCUT2D eigenvalue weighted by Crippen LogP contribution is 2.31. The molecule has 1 fully saturated rings. The molecule has 0 unspecified atom stereocenters. The lowest BCUT2D eigenvalue weighted by molar-refractivity contribution is 0.126. The van der Waals surface area contributed by atoms with Gasteiger partial charge >= 0.3 is 0 Å². The van der Waals surface area contributed by atoms with Crippen LogP contribution in [0.1, 0.15) is 23.4 Å². The third kappa shape index (κ3) is 4.89. The molecule has 0 saturated carbocycles. The van der Waals surface area contributed by atoms with Crippen molar-refractivity contribution in [3.63, 3.8) is 0 Å². The van der Waals surface area contributed by atoms with Crippen LogP contribution in [0.5, 0.6) is 0 Å². The molecule has 0 aliphatic carbocycles. The van der Waals surface area contributed by atoms with Crippen LogP contribution in [-0.2, 0) is 19.4 Å². The lowest BCUT2D eigenvalue weighted by Crippen LogP contribution is -2.46. The molecule has 5 rings (SSSR count). The molecule has 7 heteroatoms. The van der Waals surface area contributed by atoms with Crippen molar-refractivity contribution in [3.8, 4) is 0 Å². The maximum Gasteiger partial charge on any atom is 0.235 e. The molecule has 1 saturated heterocycles. The molecule has 2 N–H and O–H groups in total. The molecule has 1 aromatic heterocycles. The highest BCUT2D eigenvalue weighted by molar-refractivity contribution is 5.63. The Labute approximate surface area is 189 Å². The molecule has 3 heterocycles. The number of benzene rings is 2. The zero-order chi connectivity index (χ0) is 21.8. The number of nitrogens with zero attached hydrogens (tertiary/aromatic N) is 6. The van der Waals surface area contributed by atoms with Crippen LogP contribution in [0.2, 0.25) is 0 Å². The Kier molecular flexibility index (Phi) is 6.27. The van der Waals surface area contributed by atoms with Crippen molar-refractivity contribution in [2.75, 3.05) is 49.9 Å². The first-order valence-corrected chi connectivity index (χ1v) is 11.6. The third-order valence-electron chi connectivity index (χ3n) is 6.43. The number of para-hydroxylation sites is 1. The molecular weight excluding hydrogens is 398 g/mol. The van der Waals surface area contributed by atoms with Gasteiger partial charge < -0.3 is 15.5 Å². The molecule has 166 valence electrons. The Balaban J connectivity index is 1.20. The van der Waals surface area contributed by atoms with E-state index in [0.717, 1.165) is 64.4 Å².